The van der Waals surface area contributed by atoms with Gasteiger partial charge in [0.2, 0.25) is 0 Å². The van der Waals surface area contributed by atoms with Gasteiger partial charge in [0.25, 0.3) is 0 Å². The lowest BCUT2D eigenvalue weighted by Gasteiger charge is -2.31. The summed E-state index contributed by atoms with van der Waals surface area (Å²) < 4.78 is 28.8. The normalized spacial score (nSPS) is 27.1. The first-order valence-corrected chi connectivity index (χ1v) is 8.74. The number of furan rings is 1. The third-order valence-corrected chi connectivity index (χ3v) is 5.97. The standard InChI is InChI=1S/C12H17BrO4S/c1-18(15,16)9-4-2-3-8(7-9)11(14)10-5-6-17-12(10)13/h5-6,8-9,11,14H,2-4,7H2,1H3. The summed E-state index contributed by atoms with van der Waals surface area (Å²) in [5.41, 5.74) is 0.703. The van der Waals surface area contributed by atoms with Crippen LogP contribution in [0.15, 0.2) is 21.4 Å². The van der Waals surface area contributed by atoms with E-state index in [0.29, 0.717) is 23.1 Å². The summed E-state index contributed by atoms with van der Waals surface area (Å²) >= 11 is 3.24. The molecule has 1 aromatic heterocycles. The van der Waals surface area contributed by atoms with Crippen LogP contribution in [-0.2, 0) is 9.84 Å². The molecule has 1 N–H and O–H groups in total. The van der Waals surface area contributed by atoms with Crippen LogP contribution in [0.2, 0.25) is 0 Å². The predicted octanol–water partition coefficient (Wildman–Crippen LogP) is 2.68. The first-order chi connectivity index (χ1) is 8.39. The Morgan fingerprint density at radius 2 is 2.22 bits per heavy atom. The van der Waals surface area contributed by atoms with Crippen molar-refractivity contribution < 1.29 is 17.9 Å². The van der Waals surface area contributed by atoms with Crippen LogP contribution in [0, 0.1) is 5.92 Å². The zero-order valence-electron chi connectivity index (χ0n) is 10.2. The van der Waals surface area contributed by atoms with Gasteiger partial charge < -0.3 is 9.52 Å². The van der Waals surface area contributed by atoms with Crippen molar-refractivity contribution in [2.45, 2.75) is 37.0 Å². The van der Waals surface area contributed by atoms with Crippen molar-refractivity contribution in [1.82, 2.24) is 0 Å². The average Bonchev–Trinajstić information content (AvgIpc) is 2.73. The fourth-order valence-electron chi connectivity index (χ4n) is 2.63. The van der Waals surface area contributed by atoms with E-state index in [0.717, 1.165) is 12.8 Å². The zero-order valence-corrected chi connectivity index (χ0v) is 12.6. The predicted molar refractivity (Wildman–Crippen MR) is 72.0 cm³/mol. The second-order valence-electron chi connectivity index (χ2n) is 4.97. The molecule has 0 amide bonds. The summed E-state index contributed by atoms with van der Waals surface area (Å²) in [5.74, 6) is -0.0209. The van der Waals surface area contributed by atoms with Crippen molar-refractivity contribution in [1.29, 1.82) is 0 Å². The SMILES string of the molecule is CS(=O)(=O)C1CCCC(C(O)c2ccoc2Br)C1. The van der Waals surface area contributed by atoms with Crippen LogP contribution in [0.4, 0.5) is 0 Å². The van der Waals surface area contributed by atoms with E-state index in [4.69, 9.17) is 4.42 Å². The Hall–Kier alpha value is -0.330. The first kappa shape index (κ1) is 14.1. The van der Waals surface area contributed by atoms with E-state index in [-0.39, 0.29) is 11.2 Å². The van der Waals surface area contributed by atoms with Gasteiger partial charge in [-0.25, -0.2) is 8.42 Å². The largest absolute Gasteiger partial charge is 0.457 e. The lowest BCUT2D eigenvalue weighted by molar-refractivity contribution is 0.0843. The van der Waals surface area contributed by atoms with Crippen molar-refractivity contribution in [2.24, 2.45) is 5.92 Å². The number of sulfone groups is 1. The summed E-state index contributed by atoms with van der Waals surface area (Å²) in [5, 5.41) is 9.99. The number of rotatable bonds is 3. The summed E-state index contributed by atoms with van der Waals surface area (Å²) in [4.78, 5) is 0. The summed E-state index contributed by atoms with van der Waals surface area (Å²) in [6.07, 6.45) is 5.05. The maximum Gasteiger partial charge on any atom is 0.174 e. The maximum absolute atomic E-state index is 11.6. The van der Waals surface area contributed by atoms with Gasteiger partial charge in [0.1, 0.15) is 9.84 Å². The highest BCUT2D eigenvalue weighted by Crippen LogP contribution is 2.39. The lowest BCUT2D eigenvalue weighted by Crippen LogP contribution is -2.30. The van der Waals surface area contributed by atoms with Crippen molar-refractivity contribution in [2.75, 3.05) is 6.26 Å². The Labute approximate surface area is 115 Å². The van der Waals surface area contributed by atoms with Gasteiger partial charge in [0.15, 0.2) is 4.67 Å². The fourth-order valence-corrected chi connectivity index (χ4v) is 4.29. The zero-order chi connectivity index (χ0) is 13.3. The van der Waals surface area contributed by atoms with Crippen LogP contribution >= 0.6 is 15.9 Å². The monoisotopic (exact) mass is 336 g/mol. The summed E-state index contributed by atoms with van der Waals surface area (Å²) in [7, 11) is -3.02. The second kappa shape index (κ2) is 5.35. The lowest BCUT2D eigenvalue weighted by atomic mass is 9.83. The molecule has 4 nitrogen and oxygen atoms in total. The Kier molecular flexibility index (Phi) is 4.18. The van der Waals surface area contributed by atoms with E-state index in [1.54, 1.807) is 6.07 Å². The van der Waals surface area contributed by atoms with E-state index in [1.807, 2.05) is 0 Å². The van der Waals surface area contributed by atoms with Crippen molar-refractivity contribution in [3.05, 3.63) is 22.6 Å². The van der Waals surface area contributed by atoms with Crippen LogP contribution in [-0.4, -0.2) is 25.0 Å². The molecule has 0 radical (unpaired) electrons. The molecule has 102 valence electrons. The quantitative estimate of drug-likeness (QED) is 0.921. The maximum atomic E-state index is 11.6. The third-order valence-electron chi connectivity index (χ3n) is 3.68. The molecule has 1 saturated carbocycles. The first-order valence-electron chi connectivity index (χ1n) is 5.99. The van der Waals surface area contributed by atoms with E-state index in [2.05, 4.69) is 15.9 Å². The molecule has 0 spiro atoms. The number of hydrogen-bond acceptors (Lipinski definition) is 4. The van der Waals surface area contributed by atoms with Crippen molar-refractivity contribution in [3.8, 4) is 0 Å². The molecule has 0 bridgehead atoms. The van der Waals surface area contributed by atoms with E-state index in [9.17, 15) is 13.5 Å². The molecular weight excluding hydrogens is 320 g/mol. The molecule has 1 heterocycles. The molecular formula is C12H17BrO4S. The van der Waals surface area contributed by atoms with E-state index in [1.165, 1.54) is 12.5 Å². The summed E-state index contributed by atoms with van der Waals surface area (Å²) in [6.45, 7) is 0. The van der Waals surface area contributed by atoms with Crippen LogP contribution in [0.3, 0.4) is 0 Å². The summed E-state index contributed by atoms with van der Waals surface area (Å²) in [6, 6.07) is 1.72. The molecule has 0 saturated heterocycles. The highest BCUT2D eigenvalue weighted by molar-refractivity contribution is 9.10. The molecule has 1 aromatic rings. The second-order valence-corrected chi connectivity index (χ2v) is 8.02. The van der Waals surface area contributed by atoms with Gasteiger partial charge in [-0.05, 0) is 47.2 Å². The van der Waals surface area contributed by atoms with Gasteiger partial charge in [-0.1, -0.05) is 6.42 Å². The number of aliphatic hydroxyl groups is 1. The molecule has 2 rings (SSSR count). The molecule has 1 aliphatic carbocycles. The Balaban J connectivity index is 2.12. The van der Waals surface area contributed by atoms with Gasteiger partial charge in [-0.3, -0.25) is 0 Å². The van der Waals surface area contributed by atoms with Gasteiger partial charge in [-0.2, -0.15) is 0 Å². The molecule has 3 unspecified atom stereocenters. The van der Waals surface area contributed by atoms with E-state index < -0.39 is 15.9 Å². The van der Waals surface area contributed by atoms with Crippen molar-refractivity contribution >= 4 is 25.8 Å². The minimum atomic E-state index is -3.02. The van der Waals surface area contributed by atoms with Gasteiger partial charge in [0.05, 0.1) is 17.6 Å². The molecule has 0 aliphatic heterocycles. The van der Waals surface area contributed by atoms with Gasteiger partial charge in [-0.15, -0.1) is 0 Å². The number of hydrogen-bond donors (Lipinski definition) is 1. The fraction of sp³-hybridized carbons (Fsp3) is 0.667. The Morgan fingerprint density at radius 1 is 1.50 bits per heavy atom. The number of halogens is 1. The molecule has 1 aliphatic rings. The molecule has 18 heavy (non-hydrogen) atoms. The molecule has 6 heteroatoms. The minimum Gasteiger partial charge on any atom is -0.457 e. The smallest absolute Gasteiger partial charge is 0.174 e. The van der Waals surface area contributed by atoms with Crippen LogP contribution in [0.5, 0.6) is 0 Å². The van der Waals surface area contributed by atoms with Crippen LogP contribution in [0.25, 0.3) is 0 Å². The topological polar surface area (TPSA) is 67.5 Å². The number of aliphatic hydroxyl groups excluding tert-OH is 1. The van der Waals surface area contributed by atoms with Crippen molar-refractivity contribution in [3.63, 3.8) is 0 Å². The molecule has 1 fully saturated rings. The minimum absolute atomic E-state index is 0.0209. The average molecular weight is 337 g/mol. The van der Waals surface area contributed by atoms with E-state index >= 15 is 0 Å². The highest BCUT2D eigenvalue weighted by Gasteiger charge is 2.34. The highest BCUT2D eigenvalue weighted by atomic mass is 79.9. The van der Waals surface area contributed by atoms with Crippen LogP contribution < -0.4 is 0 Å². The van der Waals surface area contributed by atoms with Crippen LogP contribution in [0.1, 0.15) is 37.4 Å². The van der Waals surface area contributed by atoms with Gasteiger partial charge >= 0.3 is 0 Å². The Bertz CT molecular complexity index is 508. The molecule has 3 atom stereocenters. The Morgan fingerprint density at radius 3 is 2.78 bits per heavy atom. The van der Waals surface area contributed by atoms with Gasteiger partial charge in [0, 0.05) is 11.8 Å². The molecule has 0 aromatic carbocycles. The third kappa shape index (κ3) is 2.97.